The number of benzene rings is 3. The van der Waals surface area contributed by atoms with Crippen LogP contribution in [0.4, 0.5) is 5.69 Å². The number of nitrogens with one attached hydrogen (secondary N) is 1. The Bertz CT molecular complexity index is 1230. The molecule has 5 aromatic rings. The van der Waals surface area contributed by atoms with E-state index in [1.54, 1.807) is 11.3 Å². The van der Waals surface area contributed by atoms with E-state index in [9.17, 15) is 0 Å². The summed E-state index contributed by atoms with van der Waals surface area (Å²) in [6, 6.07) is 34.9. The summed E-state index contributed by atoms with van der Waals surface area (Å²) in [6.07, 6.45) is 0. The number of para-hydroxylation sites is 1. The second kappa shape index (κ2) is 9.16. The lowest BCUT2D eigenvalue weighted by Gasteiger charge is -2.23. The molecule has 5 nitrogen and oxygen atoms in total. The van der Waals surface area contributed by atoms with Crippen molar-refractivity contribution in [3.05, 3.63) is 130 Å². The molecule has 0 unspecified atom stereocenters. The van der Waals surface area contributed by atoms with E-state index >= 15 is 0 Å². The second-order valence-electron chi connectivity index (χ2n) is 7.60. The van der Waals surface area contributed by atoms with E-state index in [1.165, 1.54) is 9.75 Å². The summed E-state index contributed by atoms with van der Waals surface area (Å²) in [6.45, 7) is 2.12. The monoisotopic (exact) mass is 437 g/mol. The molecule has 0 fully saturated rings. The average molecular weight is 438 g/mol. The zero-order valence-corrected chi connectivity index (χ0v) is 18.5. The molecule has 6 heteroatoms. The molecule has 2 heterocycles. The Hall–Kier alpha value is -3.77. The normalized spacial score (nSPS) is 12.1. The predicted octanol–water partition coefficient (Wildman–Crippen LogP) is 5.88. The smallest absolute Gasteiger partial charge is 0.180 e. The summed E-state index contributed by atoms with van der Waals surface area (Å²) in [5.74, 6) is 0.772. The minimum atomic E-state index is -0.180. The van der Waals surface area contributed by atoms with Gasteiger partial charge in [0, 0.05) is 15.4 Å². The Morgan fingerprint density at radius 3 is 1.91 bits per heavy atom. The minimum absolute atomic E-state index is 0.136. The van der Waals surface area contributed by atoms with Gasteiger partial charge in [-0.05, 0) is 52.7 Å². The van der Waals surface area contributed by atoms with Crippen LogP contribution in [0.1, 0.15) is 38.8 Å². The fraction of sp³-hybridized carbons (Fsp3) is 0.115. The van der Waals surface area contributed by atoms with Gasteiger partial charge >= 0.3 is 0 Å². The maximum Gasteiger partial charge on any atom is 0.180 e. The van der Waals surface area contributed by atoms with Crippen molar-refractivity contribution in [1.29, 1.82) is 0 Å². The Morgan fingerprint density at radius 1 is 0.750 bits per heavy atom. The van der Waals surface area contributed by atoms with Crippen molar-refractivity contribution in [2.45, 2.75) is 19.0 Å². The van der Waals surface area contributed by atoms with Gasteiger partial charge < -0.3 is 5.32 Å². The zero-order valence-electron chi connectivity index (χ0n) is 17.7. The number of nitrogens with zero attached hydrogens (tertiary/aromatic N) is 4. The van der Waals surface area contributed by atoms with Gasteiger partial charge in [-0.25, -0.2) is 4.68 Å². The second-order valence-corrected chi connectivity index (χ2v) is 8.92. The van der Waals surface area contributed by atoms with Gasteiger partial charge in [0.1, 0.15) is 12.1 Å². The summed E-state index contributed by atoms with van der Waals surface area (Å²) in [5.41, 5.74) is 3.29. The van der Waals surface area contributed by atoms with Crippen molar-refractivity contribution in [3.8, 4) is 0 Å². The summed E-state index contributed by atoms with van der Waals surface area (Å²) in [5, 5.41) is 16.8. The average Bonchev–Trinajstić information content (AvgIpc) is 3.49. The van der Waals surface area contributed by atoms with Gasteiger partial charge in [-0.1, -0.05) is 78.9 Å². The number of aryl methyl sites for hydroxylation is 1. The predicted molar refractivity (Wildman–Crippen MR) is 129 cm³/mol. The number of aromatic nitrogens is 4. The van der Waals surface area contributed by atoms with Crippen LogP contribution >= 0.6 is 11.3 Å². The van der Waals surface area contributed by atoms with Crippen LogP contribution in [0.2, 0.25) is 0 Å². The Balaban J connectivity index is 1.64. The van der Waals surface area contributed by atoms with Gasteiger partial charge in [0.2, 0.25) is 0 Å². The minimum Gasteiger partial charge on any atom is -0.371 e. The number of thiophene rings is 1. The SMILES string of the molecule is Cc1ccc([C@H](Nc2ccccc2)c2nnnn2C(c2ccccc2)c2ccccc2)s1. The molecule has 0 spiro atoms. The van der Waals surface area contributed by atoms with Crippen molar-refractivity contribution in [1.82, 2.24) is 20.2 Å². The molecule has 0 saturated carbocycles. The molecule has 5 rings (SSSR count). The highest BCUT2D eigenvalue weighted by Gasteiger charge is 2.28. The van der Waals surface area contributed by atoms with Crippen LogP contribution in [0, 0.1) is 6.92 Å². The van der Waals surface area contributed by atoms with E-state index < -0.39 is 0 Å². The molecule has 1 N–H and O–H groups in total. The highest BCUT2D eigenvalue weighted by molar-refractivity contribution is 7.12. The number of tetrazole rings is 1. The molecule has 1 atom stereocenters. The van der Waals surface area contributed by atoms with Crippen LogP contribution in [0.3, 0.4) is 0 Å². The lowest BCUT2D eigenvalue weighted by molar-refractivity contribution is 0.541. The fourth-order valence-electron chi connectivity index (χ4n) is 3.89. The molecule has 3 aromatic carbocycles. The molecule has 0 saturated heterocycles. The lowest BCUT2D eigenvalue weighted by atomic mass is 9.98. The largest absolute Gasteiger partial charge is 0.371 e. The van der Waals surface area contributed by atoms with Crippen LogP contribution in [0.5, 0.6) is 0 Å². The Labute approximate surface area is 191 Å². The molecule has 0 bridgehead atoms. The lowest BCUT2D eigenvalue weighted by Crippen LogP contribution is -2.22. The van der Waals surface area contributed by atoms with Crippen LogP contribution in [-0.4, -0.2) is 20.2 Å². The standard InChI is InChI=1S/C26H23N5S/c1-19-17-18-23(32-19)24(27-22-15-9-4-10-16-22)26-28-29-30-31(26)25(20-11-5-2-6-12-20)21-13-7-3-8-14-21/h2-18,24-25,27H,1H3/t24-/m0/s1. The van der Waals surface area contributed by atoms with Crippen LogP contribution in [0.25, 0.3) is 0 Å². The summed E-state index contributed by atoms with van der Waals surface area (Å²) < 4.78 is 1.94. The molecular weight excluding hydrogens is 414 g/mol. The molecule has 158 valence electrons. The van der Waals surface area contributed by atoms with Crippen molar-refractivity contribution < 1.29 is 0 Å². The van der Waals surface area contributed by atoms with Crippen molar-refractivity contribution in [3.63, 3.8) is 0 Å². The van der Waals surface area contributed by atoms with Crippen LogP contribution in [0.15, 0.2) is 103 Å². The van der Waals surface area contributed by atoms with Crippen molar-refractivity contribution in [2.24, 2.45) is 0 Å². The topological polar surface area (TPSA) is 55.6 Å². The molecule has 0 aliphatic carbocycles. The van der Waals surface area contributed by atoms with Gasteiger partial charge in [0.05, 0.1) is 0 Å². The maximum atomic E-state index is 4.52. The summed E-state index contributed by atoms with van der Waals surface area (Å²) >= 11 is 1.75. The number of rotatable bonds is 7. The fourth-order valence-corrected chi connectivity index (χ4v) is 4.82. The van der Waals surface area contributed by atoms with Gasteiger partial charge in [0.25, 0.3) is 0 Å². The van der Waals surface area contributed by atoms with E-state index in [4.69, 9.17) is 0 Å². The number of hydrogen-bond donors (Lipinski definition) is 1. The van der Waals surface area contributed by atoms with Crippen LogP contribution < -0.4 is 5.32 Å². The van der Waals surface area contributed by atoms with Gasteiger partial charge in [-0.2, -0.15) is 0 Å². The first-order valence-corrected chi connectivity index (χ1v) is 11.4. The summed E-state index contributed by atoms with van der Waals surface area (Å²) in [7, 11) is 0. The molecule has 2 aromatic heterocycles. The first-order valence-electron chi connectivity index (χ1n) is 10.5. The molecule has 0 aliphatic rings. The Morgan fingerprint density at radius 2 is 1.34 bits per heavy atom. The Kier molecular flexibility index (Phi) is 5.77. The third-order valence-electron chi connectivity index (χ3n) is 5.38. The quantitative estimate of drug-likeness (QED) is 0.345. The van der Waals surface area contributed by atoms with Crippen molar-refractivity contribution in [2.75, 3.05) is 5.32 Å². The molecule has 32 heavy (non-hydrogen) atoms. The van der Waals surface area contributed by atoms with Crippen molar-refractivity contribution >= 4 is 17.0 Å². The molecule has 0 amide bonds. The van der Waals surface area contributed by atoms with Gasteiger partial charge in [-0.15, -0.1) is 16.4 Å². The van der Waals surface area contributed by atoms with Crippen LogP contribution in [-0.2, 0) is 0 Å². The highest BCUT2D eigenvalue weighted by atomic mass is 32.1. The number of anilines is 1. The summed E-state index contributed by atoms with van der Waals surface area (Å²) in [4.78, 5) is 2.42. The zero-order chi connectivity index (χ0) is 21.8. The van der Waals surface area contributed by atoms with E-state index in [-0.39, 0.29) is 12.1 Å². The van der Waals surface area contributed by atoms with E-state index in [2.05, 4.69) is 101 Å². The molecule has 0 aliphatic heterocycles. The first kappa shape index (κ1) is 20.2. The maximum absolute atomic E-state index is 4.52. The molecule has 0 radical (unpaired) electrons. The third kappa shape index (κ3) is 4.18. The van der Waals surface area contributed by atoms with Gasteiger partial charge in [-0.3, -0.25) is 0 Å². The first-order chi connectivity index (χ1) is 15.8. The van der Waals surface area contributed by atoms with E-state index in [1.807, 2.05) is 35.0 Å². The molecular formula is C26H23N5S. The van der Waals surface area contributed by atoms with E-state index in [0.717, 1.165) is 22.6 Å². The van der Waals surface area contributed by atoms with Gasteiger partial charge in [0.15, 0.2) is 5.82 Å². The highest BCUT2D eigenvalue weighted by Crippen LogP contribution is 2.34. The van der Waals surface area contributed by atoms with E-state index in [0.29, 0.717) is 0 Å². The third-order valence-corrected chi connectivity index (χ3v) is 6.45. The number of hydrogen-bond acceptors (Lipinski definition) is 5.